The second kappa shape index (κ2) is 8.24. The topological polar surface area (TPSA) is 76.1 Å². The molecule has 2 atom stereocenters. The summed E-state index contributed by atoms with van der Waals surface area (Å²) in [7, 11) is 1.28. The van der Waals surface area contributed by atoms with Crippen LogP contribution in [0.5, 0.6) is 11.5 Å². The largest absolute Gasteiger partial charge is 0.493 e. The molecule has 6 nitrogen and oxygen atoms in total. The molecule has 0 aliphatic carbocycles. The van der Waals surface area contributed by atoms with Crippen molar-refractivity contribution in [3.8, 4) is 11.5 Å². The SMILES string of the molecule is COc1cc(C(=O)N2C[C@H](C(=O)O)[C@H](c3ccccc3)C2)ccc1OC(F)F. The summed E-state index contributed by atoms with van der Waals surface area (Å²) < 4.78 is 34.3. The summed E-state index contributed by atoms with van der Waals surface area (Å²) in [5.74, 6) is -2.60. The number of rotatable bonds is 6. The van der Waals surface area contributed by atoms with E-state index in [4.69, 9.17) is 4.74 Å². The number of halogens is 2. The van der Waals surface area contributed by atoms with E-state index in [1.807, 2.05) is 30.3 Å². The summed E-state index contributed by atoms with van der Waals surface area (Å²) in [5, 5.41) is 9.57. The highest BCUT2D eigenvalue weighted by molar-refractivity contribution is 5.95. The second-order valence-electron chi connectivity index (χ2n) is 6.42. The highest BCUT2D eigenvalue weighted by Gasteiger charge is 2.40. The summed E-state index contributed by atoms with van der Waals surface area (Å²) in [6.45, 7) is -2.71. The quantitative estimate of drug-likeness (QED) is 0.818. The maximum absolute atomic E-state index is 12.9. The van der Waals surface area contributed by atoms with Crippen molar-refractivity contribution in [1.82, 2.24) is 4.90 Å². The third kappa shape index (κ3) is 4.05. The van der Waals surface area contributed by atoms with Gasteiger partial charge in [-0.05, 0) is 23.8 Å². The number of carbonyl (C=O) groups is 2. The summed E-state index contributed by atoms with van der Waals surface area (Å²) in [4.78, 5) is 26.0. The summed E-state index contributed by atoms with van der Waals surface area (Å²) >= 11 is 0. The lowest BCUT2D eigenvalue weighted by Crippen LogP contribution is -2.29. The van der Waals surface area contributed by atoms with Gasteiger partial charge in [0.25, 0.3) is 5.91 Å². The molecule has 1 fully saturated rings. The molecule has 0 saturated carbocycles. The fraction of sp³-hybridized carbons (Fsp3) is 0.300. The molecule has 1 aliphatic heterocycles. The molecule has 1 amide bonds. The number of carbonyl (C=O) groups excluding carboxylic acids is 1. The molecule has 1 N–H and O–H groups in total. The first-order valence-electron chi connectivity index (χ1n) is 8.60. The predicted molar refractivity (Wildman–Crippen MR) is 95.8 cm³/mol. The van der Waals surface area contributed by atoms with Gasteiger partial charge in [0.1, 0.15) is 0 Å². The number of hydrogen-bond donors (Lipinski definition) is 1. The van der Waals surface area contributed by atoms with Crippen LogP contribution in [0.1, 0.15) is 21.8 Å². The predicted octanol–water partition coefficient (Wildman–Crippen LogP) is 3.24. The highest BCUT2D eigenvalue weighted by Crippen LogP contribution is 2.35. The van der Waals surface area contributed by atoms with Gasteiger partial charge >= 0.3 is 12.6 Å². The van der Waals surface area contributed by atoms with Crippen LogP contribution in [0.4, 0.5) is 8.78 Å². The van der Waals surface area contributed by atoms with E-state index >= 15 is 0 Å². The molecule has 28 heavy (non-hydrogen) atoms. The zero-order chi connectivity index (χ0) is 20.3. The van der Waals surface area contributed by atoms with Crippen LogP contribution >= 0.6 is 0 Å². The Kier molecular flexibility index (Phi) is 5.77. The average Bonchev–Trinajstić information content (AvgIpc) is 3.14. The third-order valence-corrected chi connectivity index (χ3v) is 4.78. The summed E-state index contributed by atoms with van der Waals surface area (Å²) in [5.41, 5.74) is 1.06. The molecule has 8 heteroatoms. The first-order valence-corrected chi connectivity index (χ1v) is 8.60. The van der Waals surface area contributed by atoms with Crippen LogP contribution in [0, 0.1) is 5.92 Å². The number of aliphatic carboxylic acids is 1. The van der Waals surface area contributed by atoms with Crippen molar-refractivity contribution >= 4 is 11.9 Å². The Morgan fingerprint density at radius 1 is 1.11 bits per heavy atom. The molecule has 1 saturated heterocycles. The molecule has 1 aliphatic rings. The van der Waals surface area contributed by atoms with Crippen LogP contribution in [0.2, 0.25) is 0 Å². The number of hydrogen-bond acceptors (Lipinski definition) is 4. The second-order valence-corrected chi connectivity index (χ2v) is 6.42. The van der Waals surface area contributed by atoms with Gasteiger partial charge in [-0.3, -0.25) is 9.59 Å². The Balaban J connectivity index is 1.83. The number of likely N-dealkylation sites (tertiary alicyclic amines) is 1. The fourth-order valence-corrected chi connectivity index (χ4v) is 3.43. The van der Waals surface area contributed by atoms with Crippen LogP contribution in [0.15, 0.2) is 48.5 Å². The standard InChI is InChI=1S/C20H19F2NO5/c1-27-17-9-13(7-8-16(17)28-20(21)22)18(24)23-10-14(15(11-23)19(25)26)12-5-3-2-4-6-12/h2-9,14-15,20H,10-11H2,1H3,(H,25,26)/t14-,15-/m0/s1. The van der Waals surface area contributed by atoms with Crippen LogP contribution in [0.25, 0.3) is 0 Å². The van der Waals surface area contributed by atoms with Crippen molar-refractivity contribution < 1.29 is 33.0 Å². The normalized spacial score (nSPS) is 18.9. The molecule has 0 bridgehead atoms. The molecule has 0 spiro atoms. The van der Waals surface area contributed by atoms with Crippen LogP contribution < -0.4 is 9.47 Å². The zero-order valence-corrected chi connectivity index (χ0v) is 15.0. The smallest absolute Gasteiger partial charge is 0.387 e. The van der Waals surface area contributed by atoms with Crippen LogP contribution in [0.3, 0.4) is 0 Å². The zero-order valence-electron chi connectivity index (χ0n) is 15.0. The number of ether oxygens (including phenoxy) is 2. The molecule has 2 aromatic rings. The molecule has 0 radical (unpaired) electrons. The van der Waals surface area contributed by atoms with Gasteiger partial charge in [-0.2, -0.15) is 8.78 Å². The van der Waals surface area contributed by atoms with Crippen LogP contribution in [-0.4, -0.2) is 48.7 Å². The molecular formula is C20H19F2NO5. The maximum Gasteiger partial charge on any atom is 0.387 e. The molecule has 2 aromatic carbocycles. The van der Waals surface area contributed by atoms with E-state index in [2.05, 4.69) is 4.74 Å². The molecule has 148 valence electrons. The summed E-state index contributed by atoms with van der Waals surface area (Å²) in [6, 6.07) is 13.1. The minimum atomic E-state index is -3.02. The fourth-order valence-electron chi connectivity index (χ4n) is 3.43. The number of amides is 1. The summed E-state index contributed by atoms with van der Waals surface area (Å²) in [6.07, 6.45) is 0. The van der Waals surface area contributed by atoms with E-state index in [-0.39, 0.29) is 36.1 Å². The van der Waals surface area contributed by atoms with Gasteiger partial charge in [-0.1, -0.05) is 30.3 Å². The lowest BCUT2D eigenvalue weighted by atomic mass is 9.89. The van der Waals surface area contributed by atoms with Gasteiger partial charge in [0, 0.05) is 24.6 Å². The van der Waals surface area contributed by atoms with Crippen molar-refractivity contribution in [2.45, 2.75) is 12.5 Å². The lowest BCUT2D eigenvalue weighted by Gasteiger charge is -2.18. The number of benzene rings is 2. The molecule has 0 unspecified atom stereocenters. The van der Waals surface area contributed by atoms with Crippen molar-refractivity contribution in [3.63, 3.8) is 0 Å². The van der Waals surface area contributed by atoms with Crippen LogP contribution in [-0.2, 0) is 4.79 Å². The molecule has 1 heterocycles. The first-order chi connectivity index (χ1) is 13.4. The van der Waals surface area contributed by atoms with Crippen molar-refractivity contribution in [3.05, 3.63) is 59.7 Å². The van der Waals surface area contributed by atoms with E-state index in [1.165, 1.54) is 30.2 Å². The highest BCUT2D eigenvalue weighted by atomic mass is 19.3. The van der Waals surface area contributed by atoms with Crippen molar-refractivity contribution in [2.24, 2.45) is 5.92 Å². The van der Waals surface area contributed by atoms with E-state index in [1.54, 1.807) is 0 Å². The van der Waals surface area contributed by atoms with Crippen molar-refractivity contribution in [1.29, 1.82) is 0 Å². The third-order valence-electron chi connectivity index (χ3n) is 4.78. The Hall–Kier alpha value is -3.16. The monoisotopic (exact) mass is 391 g/mol. The van der Waals surface area contributed by atoms with Gasteiger partial charge in [-0.25, -0.2) is 0 Å². The number of carboxylic acids is 1. The number of methoxy groups -OCH3 is 1. The Labute approximate surface area is 160 Å². The Morgan fingerprint density at radius 3 is 2.43 bits per heavy atom. The van der Waals surface area contributed by atoms with Gasteiger partial charge < -0.3 is 19.5 Å². The average molecular weight is 391 g/mol. The number of alkyl halides is 2. The van der Waals surface area contributed by atoms with E-state index in [0.717, 1.165) is 5.56 Å². The van der Waals surface area contributed by atoms with E-state index in [0.29, 0.717) is 0 Å². The Bertz CT molecular complexity index is 859. The van der Waals surface area contributed by atoms with Gasteiger partial charge in [0.2, 0.25) is 0 Å². The molecular weight excluding hydrogens is 372 g/mol. The van der Waals surface area contributed by atoms with Gasteiger partial charge in [-0.15, -0.1) is 0 Å². The van der Waals surface area contributed by atoms with Gasteiger partial charge in [0.05, 0.1) is 13.0 Å². The maximum atomic E-state index is 12.9. The Morgan fingerprint density at radius 2 is 1.82 bits per heavy atom. The number of nitrogens with zero attached hydrogens (tertiary/aromatic N) is 1. The van der Waals surface area contributed by atoms with E-state index < -0.39 is 24.4 Å². The first kappa shape index (κ1) is 19.6. The minimum Gasteiger partial charge on any atom is -0.493 e. The molecule has 3 rings (SSSR count). The van der Waals surface area contributed by atoms with Crippen molar-refractivity contribution in [2.75, 3.05) is 20.2 Å². The minimum absolute atomic E-state index is 0.000240. The molecule has 0 aromatic heterocycles. The number of carboxylic acid groups (broad SMARTS) is 1. The van der Waals surface area contributed by atoms with E-state index in [9.17, 15) is 23.5 Å². The lowest BCUT2D eigenvalue weighted by molar-refractivity contribution is -0.141. The van der Waals surface area contributed by atoms with Gasteiger partial charge in [0.15, 0.2) is 11.5 Å².